The highest BCUT2D eigenvalue weighted by Gasteiger charge is 2.33. The van der Waals surface area contributed by atoms with Gasteiger partial charge in [-0.05, 0) is 38.1 Å². The predicted molar refractivity (Wildman–Crippen MR) is 52.2 cm³/mol. The molecule has 1 heteroatoms. The Bertz CT molecular complexity index is 155. The molecule has 2 aliphatic rings. The van der Waals surface area contributed by atoms with Crippen molar-refractivity contribution < 1.29 is 0 Å². The first-order chi connectivity index (χ1) is 5.79. The molecule has 0 aromatic heterocycles. The van der Waals surface area contributed by atoms with Crippen molar-refractivity contribution in [1.82, 2.24) is 4.90 Å². The molecule has 2 rings (SSSR count). The standard InChI is InChI=1S/C11H21N/c1-3-9-4-5-10-7-11(6-9)12(2)8-10/h9-11H,3-8H2,1-2H3. The molecule has 2 fully saturated rings. The predicted octanol–water partition coefficient (Wildman–Crippen LogP) is 2.52. The van der Waals surface area contributed by atoms with Gasteiger partial charge >= 0.3 is 0 Å². The molecule has 0 aromatic carbocycles. The van der Waals surface area contributed by atoms with E-state index in [4.69, 9.17) is 0 Å². The maximum atomic E-state index is 2.59. The van der Waals surface area contributed by atoms with Crippen LogP contribution in [0.3, 0.4) is 0 Å². The molecule has 1 aliphatic carbocycles. The smallest absolute Gasteiger partial charge is 0.00980 e. The fraction of sp³-hybridized carbons (Fsp3) is 1.00. The van der Waals surface area contributed by atoms with Gasteiger partial charge in [-0.15, -0.1) is 0 Å². The molecule has 1 aliphatic heterocycles. The summed E-state index contributed by atoms with van der Waals surface area (Å²) >= 11 is 0. The lowest BCUT2D eigenvalue weighted by atomic mass is 9.94. The third kappa shape index (κ3) is 1.52. The van der Waals surface area contributed by atoms with Crippen molar-refractivity contribution >= 4 is 0 Å². The fourth-order valence-electron chi connectivity index (χ4n) is 3.03. The van der Waals surface area contributed by atoms with Gasteiger partial charge in [-0.25, -0.2) is 0 Å². The van der Waals surface area contributed by atoms with Gasteiger partial charge in [0.25, 0.3) is 0 Å². The molecule has 1 saturated carbocycles. The number of fused-ring (bicyclic) bond motifs is 2. The second-order valence-electron chi connectivity index (χ2n) is 4.78. The first kappa shape index (κ1) is 8.55. The Kier molecular flexibility index (Phi) is 2.40. The molecule has 0 aromatic rings. The number of rotatable bonds is 1. The third-order valence-corrected chi connectivity index (χ3v) is 3.94. The second-order valence-corrected chi connectivity index (χ2v) is 4.78. The zero-order valence-electron chi connectivity index (χ0n) is 8.42. The van der Waals surface area contributed by atoms with Crippen LogP contribution in [-0.2, 0) is 0 Å². The molecule has 0 N–H and O–H groups in total. The summed E-state index contributed by atoms with van der Waals surface area (Å²) in [5.41, 5.74) is 0. The lowest BCUT2D eigenvalue weighted by Gasteiger charge is -2.25. The molecule has 1 nitrogen and oxygen atoms in total. The SMILES string of the molecule is CCC1CCC2CC(C1)N(C)C2. The first-order valence-electron chi connectivity index (χ1n) is 5.49. The Balaban J connectivity index is 1.99. The number of hydrogen-bond donors (Lipinski definition) is 0. The summed E-state index contributed by atoms with van der Waals surface area (Å²) in [6.45, 7) is 3.73. The van der Waals surface area contributed by atoms with Crippen LogP contribution in [0.1, 0.15) is 39.0 Å². The third-order valence-electron chi connectivity index (χ3n) is 3.94. The quantitative estimate of drug-likeness (QED) is 0.580. The van der Waals surface area contributed by atoms with Crippen molar-refractivity contribution in [1.29, 1.82) is 0 Å². The zero-order valence-corrected chi connectivity index (χ0v) is 8.42. The number of likely N-dealkylation sites (tertiary alicyclic amines) is 1. The van der Waals surface area contributed by atoms with Crippen LogP contribution in [0.15, 0.2) is 0 Å². The van der Waals surface area contributed by atoms with Gasteiger partial charge in [0.2, 0.25) is 0 Å². The zero-order chi connectivity index (χ0) is 8.55. The highest BCUT2D eigenvalue weighted by molar-refractivity contribution is 4.88. The van der Waals surface area contributed by atoms with E-state index in [1.165, 1.54) is 38.6 Å². The Morgan fingerprint density at radius 2 is 2.08 bits per heavy atom. The highest BCUT2D eigenvalue weighted by Crippen LogP contribution is 2.36. The van der Waals surface area contributed by atoms with E-state index in [0.29, 0.717) is 0 Å². The van der Waals surface area contributed by atoms with E-state index in [-0.39, 0.29) is 0 Å². The number of nitrogens with zero attached hydrogens (tertiary/aromatic N) is 1. The van der Waals surface area contributed by atoms with Gasteiger partial charge in [-0.3, -0.25) is 0 Å². The average molecular weight is 167 g/mol. The van der Waals surface area contributed by atoms with E-state index < -0.39 is 0 Å². The van der Waals surface area contributed by atoms with Gasteiger partial charge < -0.3 is 4.90 Å². The molecule has 1 heterocycles. The molecule has 70 valence electrons. The van der Waals surface area contributed by atoms with Crippen molar-refractivity contribution in [2.75, 3.05) is 13.6 Å². The van der Waals surface area contributed by atoms with Crippen molar-refractivity contribution in [3.8, 4) is 0 Å². The minimum atomic E-state index is 0.933. The minimum Gasteiger partial charge on any atom is -0.303 e. The van der Waals surface area contributed by atoms with Gasteiger partial charge in [0.05, 0.1) is 0 Å². The molecular weight excluding hydrogens is 146 g/mol. The molecule has 2 bridgehead atoms. The maximum absolute atomic E-state index is 2.59. The normalized spacial score (nSPS) is 43.0. The van der Waals surface area contributed by atoms with E-state index in [1.54, 1.807) is 0 Å². The van der Waals surface area contributed by atoms with E-state index in [1.807, 2.05) is 0 Å². The Labute approximate surface area is 76.1 Å². The lowest BCUT2D eigenvalue weighted by molar-refractivity contribution is 0.236. The molecule has 3 atom stereocenters. The average Bonchev–Trinajstić information content (AvgIpc) is 2.31. The Morgan fingerprint density at radius 3 is 2.83 bits per heavy atom. The van der Waals surface area contributed by atoms with Crippen LogP contribution in [0.5, 0.6) is 0 Å². The van der Waals surface area contributed by atoms with Gasteiger partial charge in [-0.2, -0.15) is 0 Å². The molecule has 0 radical (unpaired) electrons. The summed E-state index contributed by atoms with van der Waals surface area (Å²) in [5.74, 6) is 2.07. The van der Waals surface area contributed by atoms with E-state index in [0.717, 1.165) is 17.9 Å². The maximum Gasteiger partial charge on any atom is 0.00980 e. The molecule has 3 unspecified atom stereocenters. The van der Waals surface area contributed by atoms with Gasteiger partial charge in [0.1, 0.15) is 0 Å². The van der Waals surface area contributed by atoms with Crippen LogP contribution in [-0.4, -0.2) is 24.5 Å². The summed E-state index contributed by atoms with van der Waals surface area (Å²) in [7, 11) is 2.31. The highest BCUT2D eigenvalue weighted by atomic mass is 15.2. The van der Waals surface area contributed by atoms with Crippen LogP contribution >= 0.6 is 0 Å². The van der Waals surface area contributed by atoms with Gasteiger partial charge in [0.15, 0.2) is 0 Å². The molecule has 0 spiro atoms. The lowest BCUT2D eigenvalue weighted by Crippen LogP contribution is -2.28. The van der Waals surface area contributed by atoms with Crippen molar-refractivity contribution in [2.24, 2.45) is 11.8 Å². The summed E-state index contributed by atoms with van der Waals surface area (Å²) in [5, 5.41) is 0. The summed E-state index contributed by atoms with van der Waals surface area (Å²) in [4.78, 5) is 2.59. The van der Waals surface area contributed by atoms with Crippen LogP contribution in [0, 0.1) is 11.8 Å². The Hall–Kier alpha value is -0.0400. The van der Waals surface area contributed by atoms with Gasteiger partial charge in [-0.1, -0.05) is 19.8 Å². The van der Waals surface area contributed by atoms with E-state index in [9.17, 15) is 0 Å². The Morgan fingerprint density at radius 1 is 1.25 bits per heavy atom. The van der Waals surface area contributed by atoms with E-state index in [2.05, 4.69) is 18.9 Å². The van der Waals surface area contributed by atoms with Crippen molar-refractivity contribution in [2.45, 2.75) is 45.1 Å². The molecule has 12 heavy (non-hydrogen) atoms. The molecule has 1 saturated heterocycles. The van der Waals surface area contributed by atoms with Crippen LogP contribution < -0.4 is 0 Å². The topological polar surface area (TPSA) is 3.24 Å². The monoisotopic (exact) mass is 167 g/mol. The fourth-order valence-corrected chi connectivity index (χ4v) is 3.03. The minimum absolute atomic E-state index is 0.933. The first-order valence-corrected chi connectivity index (χ1v) is 5.49. The van der Waals surface area contributed by atoms with Crippen molar-refractivity contribution in [3.05, 3.63) is 0 Å². The van der Waals surface area contributed by atoms with E-state index >= 15 is 0 Å². The second kappa shape index (κ2) is 3.37. The largest absolute Gasteiger partial charge is 0.303 e. The summed E-state index contributed by atoms with van der Waals surface area (Å²) < 4.78 is 0. The molecule has 0 amide bonds. The van der Waals surface area contributed by atoms with Crippen LogP contribution in [0.4, 0.5) is 0 Å². The van der Waals surface area contributed by atoms with Gasteiger partial charge in [0, 0.05) is 12.6 Å². The van der Waals surface area contributed by atoms with Crippen LogP contribution in [0.2, 0.25) is 0 Å². The van der Waals surface area contributed by atoms with Crippen LogP contribution in [0.25, 0.3) is 0 Å². The number of hydrogen-bond acceptors (Lipinski definition) is 1. The van der Waals surface area contributed by atoms with Crippen molar-refractivity contribution in [3.63, 3.8) is 0 Å². The summed E-state index contributed by atoms with van der Waals surface area (Å²) in [6.07, 6.45) is 7.37. The summed E-state index contributed by atoms with van der Waals surface area (Å²) in [6, 6.07) is 0.933. The molecular formula is C11H21N.